The van der Waals surface area contributed by atoms with Gasteiger partial charge in [-0.3, -0.25) is 9.63 Å². The van der Waals surface area contributed by atoms with E-state index in [1.807, 2.05) is 60.7 Å². The Labute approximate surface area is 145 Å². The standard InChI is InChI=1S/C21H27NO2/c1-4-15-21(2,3)22-24-20(18-13-9-6-10-14-18)19(23)16-17-11-7-5-8-12-17/h5-14,20,22H,4,15-16H2,1-3H3. The second-order valence-corrected chi connectivity index (χ2v) is 6.77. The highest BCUT2D eigenvalue weighted by molar-refractivity contribution is 5.86. The first-order valence-corrected chi connectivity index (χ1v) is 8.56. The molecule has 2 rings (SSSR count). The Hall–Kier alpha value is -1.97. The van der Waals surface area contributed by atoms with E-state index in [2.05, 4.69) is 26.3 Å². The zero-order valence-electron chi connectivity index (χ0n) is 14.8. The van der Waals surface area contributed by atoms with E-state index in [4.69, 9.17) is 4.84 Å². The van der Waals surface area contributed by atoms with E-state index in [0.717, 1.165) is 24.0 Å². The molecule has 0 saturated heterocycles. The predicted octanol–water partition coefficient (Wildman–Crippen LogP) is 4.64. The number of carbonyl (C=O) groups excluding carboxylic acids is 1. The molecular formula is C21H27NO2. The minimum atomic E-state index is -0.609. The normalized spacial score (nSPS) is 12.8. The lowest BCUT2D eigenvalue weighted by Gasteiger charge is -2.28. The highest BCUT2D eigenvalue weighted by atomic mass is 16.7. The fourth-order valence-electron chi connectivity index (χ4n) is 2.73. The van der Waals surface area contributed by atoms with Crippen LogP contribution in [0.25, 0.3) is 0 Å². The van der Waals surface area contributed by atoms with Crippen molar-refractivity contribution in [2.24, 2.45) is 0 Å². The van der Waals surface area contributed by atoms with Gasteiger partial charge < -0.3 is 0 Å². The maximum Gasteiger partial charge on any atom is 0.172 e. The van der Waals surface area contributed by atoms with Gasteiger partial charge in [-0.05, 0) is 31.4 Å². The number of hydroxylamine groups is 1. The molecule has 1 N–H and O–H groups in total. The molecule has 0 bridgehead atoms. The van der Waals surface area contributed by atoms with E-state index >= 15 is 0 Å². The van der Waals surface area contributed by atoms with Crippen LogP contribution < -0.4 is 5.48 Å². The molecule has 24 heavy (non-hydrogen) atoms. The fraction of sp³-hybridized carbons (Fsp3) is 0.381. The van der Waals surface area contributed by atoms with Crippen molar-refractivity contribution in [3.63, 3.8) is 0 Å². The lowest BCUT2D eigenvalue weighted by Crippen LogP contribution is -2.41. The molecule has 0 spiro atoms. The summed E-state index contributed by atoms with van der Waals surface area (Å²) < 4.78 is 0. The smallest absolute Gasteiger partial charge is 0.172 e. The number of nitrogens with one attached hydrogen (secondary N) is 1. The Kier molecular flexibility index (Phi) is 6.71. The first kappa shape index (κ1) is 18.4. The van der Waals surface area contributed by atoms with Gasteiger partial charge in [-0.1, -0.05) is 74.0 Å². The maximum absolute atomic E-state index is 12.8. The second-order valence-electron chi connectivity index (χ2n) is 6.77. The molecule has 2 aromatic carbocycles. The fourth-order valence-corrected chi connectivity index (χ4v) is 2.73. The van der Waals surface area contributed by atoms with Gasteiger partial charge in [0.2, 0.25) is 0 Å². The number of benzene rings is 2. The minimum Gasteiger partial charge on any atom is -0.296 e. The Bertz CT molecular complexity index is 623. The van der Waals surface area contributed by atoms with Crippen LogP contribution in [-0.4, -0.2) is 11.3 Å². The van der Waals surface area contributed by atoms with Crippen LogP contribution in [0.4, 0.5) is 0 Å². The summed E-state index contributed by atoms with van der Waals surface area (Å²) in [5, 5.41) is 0. The minimum absolute atomic E-state index is 0.0483. The van der Waals surface area contributed by atoms with E-state index in [9.17, 15) is 4.79 Å². The summed E-state index contributed by atoms with van der Waals surface area (Å²) in [6.45, 7) is 6.30. The van der Waals surface area contributed by atoms with Gasteiger partial charge in [0.05, 0.1) is 0 Å². The van der Waals surface area contributed by atoms with Crippen molar-refractivity contribution in [1.29, 1.82) is 0 Å². The number of rotatable bonds is 9. The van der Waals surface area contributed by atoms with Gasteiger partial charge in [-0.2, -0.15) is 5.48 Å². The van der Waals surface area contributed by atoms with Crippen LogP contribution >= 0.6 is 0 Å². The molecule has 0 radical (unpaired) electrons. The Balaban J connectivity index is 2.12. The summed E-state index contributed by atoms with van der Waals surface area (Å²) in [5.74, 6) is 0.0483. The third kappa shape index (κ3) is 5.59. The molecule has 1 unspecified atom stereocenters. The first-order valence-electron chi connectivity index (χ1n) is 8.56. The molecule has 3 nitrogen and oxygen atoms in total. The molecular weight excluding hydrogens is 298 g/mol. The molecule has 0 fully saturated rings. The third-order valence-electron chi connectivity index (χ3n) is 3.94. The van der Waals surface area contributed by atoms with Crippen molar-refractivity contribution in [2.75, 3.05) is 0 Å². The van der Waals surface area contributed by atoms with Crippen molar-refractivity contribution in [3.8, 4) is 0 Å². The summed E-state index contributed by atoms with van der Waals surface area (Å²) in [6.07, 6.45) is 1.78. The highest BCUT2D eigenvalue weighted by Gasteiger charge is 2.25. The summed E-state index contributed by atoms with van der Waals surface area (Å²) in [6, 6.07) is 19.4. The Morgan fingerprint density at radius 2 is 1.62 bits per heavy atom. The second kappa shape index (κ2) is 8.76. The van der Waals surface area contributed by atoms with E-state index < -0.39 is 6.10 Å². The van der Waals surface area contributed by atoms with Gasteiger partial charge in [-0.15, -0.1) is 0 Å². The van der Waals surface area contributed by atoms with Crippen LogP contribution in [0.5, 0.6) is 0 Å². The number of Topliss-reactive ketones (excluding diaryl/α,β-unsaturated/α-hetero) is 1. The largest absolute Gasteiger partial charge is 0.296 e. The van der Waals surface area contributed by atoms with Crippen molar-refractivity contribution in [1.82, 2.24) is 5.48 Å². The van der Waals surface area contributed by atoms with E-state index in [-0.39, 0.29) is 11.3 Å². The number of hydrogen-bond acceptors (Lipinski definition) is 3. The molecule has 0 aliphatic rings. The molecule has 0 aliphatic carbocycles. The van der Waals surface area contributed by atoms with Gasteiger partial charge in [-0.25, -0.2) is 0 Å². The van der Waals surface area contributed by atoms with Crippen LogP contribution in [0, 0.1) is 0 Å². The predicted molar refractivity (Wildman–Crippen MR) is 97.5 cm³/mol. The molecule has 0 aliphatic heterocycles. The molecule has 2 aromatic rings. The van der Waals surface area contributed by atoms with E-state index in [1.54, 1.807) is 0 Å². The summed E-state index contributed by atoms with van der Waals surface area (Å²) in [4.78, 5) is 18.7. The van der Waals surface area contributed by atoms with Crippen LogP contribution in [0.3, 0.4) is 0 Å². The molecule has 128 valence electrons. The molecule has 0 heterocycles. The topological polar surface area (TPSA) is 38.3 Å². The maximum atomic E-state index is 12.8. The van der Waals surface area contributed by atoms with E-state index in [0.29, 0.717) is 6.42 Å². The van der Waals surface area contributed by atoms with Crippen molar-refractivity contribution in [2.45, 2.75) is 51.7 Å². The summed E-state index contributed by atoms with van der Waals surface area (Å²) >= 11 is 0. The average molecular weight is 325 g/mol. The van der Waals surface area contributed by atoms with Crippen LogP contribution in [-0.2, 0) is 16.1 Å². The zero-order valence-corrected chi connectivity index (χ0v) is 14.8. The van der Waals surface area contributed by atoms with Crippen molar-refractivity contribution >= 4 is 5.78 Å². The summed E-state index contributed by atoms with van der Waals surface area (Å²) in [5.41, 5.74) is 4.81. The number of hydrogen-bond donors (Lipinski definition) is 1. The number of carbonyl (C=O) groups is 1. The average Bonchev–Trinajstić information content (AvgIpc) is 2.57. The Morgan fingerprint density at radius 3 is 2.21 bits per heavy atom. The SMILES string of the molecule is CCCC(C)(C)NOC(C(=O)Cc1ccccc1)c1ccccc1. The quantitative estimate of drug-likeness (QED) is 0.683. The molecule has 0 saturated carbocycles. The van der Waals surface area contributed by atoms with Gasteiger partial charge >= 0.3 is 0 Å². The lowest BCUT2D eigenvalue weighted by atomic mass is 9.99. The van der Waals surface area contributed by atoms with E-state index in [1.165, 1.54) is 0 Å². The highest BCUT2D eigenvalue weighted by Crippen LogP contribution is 2.21. The van der Waals surface area contributed by atoms with Gasteiger partial charge in [0, 0.05) is 12.0 Å². The number of ketones is 1. The van der Waals surface area contributed by atoms with Gasteiger partial charge in [0.25, 0.3) is 0 Å². The first-order chi connectivity index (χ1) is 11.5. The summed E-state index contributed by atoms with van der Waals surface area (Å²) in [7, 11) is 0. The molecule has 3 heteroatoms. The lowest BCUT2D eigenvalue weighted by molar-refractivity contribution is -0.140. The van der Waals surface area contributed by atoms with Crippen LogP contribution in [0.2, 0.25) is 0 Å². The molecule has 0 aromatic heterocycles. The van der Waals surface area contributed by atoms with Crippen LogP contribution in [0.1, 0.15) is 50.8 Å². The zero-order chi connectivity index (χ0) is 17.4. The molecule has 1 atom stereocenters. The Morgan fingerprint density at radius 1 is 1.04 bits per heavy atom. The van der Waals surface area contributed by atoms with Gasteiger partial charge in [0.15, 0.2) is 11.9 Å². The van der Waals surface area contributed by atoms with Gasteiger partial charge in [0.1, 0.15) is 0 Å². The monoisotopic (exact) mass is 325 g/mol. The van der Waals surface area contributed by atoms with Crippen molar-refractivity contribution < 1.29 is 9.63 Å². The third-order valence-corrected chi connectivity index (χ3v) is 3.94. The van der Waals surface area contributed by atoms with Crippen molar-refractivity contribution in [3.05, 3.63) is 71.8 Å². The van der Waals surface area contributed by atoms with Crippen LogP contribution in [0.15, 0.2) is 60.7 Å². The molecule has 0 amide bonds.